The predicted molar refractivity (Wildman–Crippen MR) is 123 cm³/mol. The Kier molecular flexibility index (Phi) is 7.49. The highest BCUT2D eigenvalue weighted by Crippen LogP contribution is 2.58. The molecule has 0 unspecified atom stereocenters. The lowest BCUT2D eigenvalue weighted by molar-refractivity contribution is 0.0878. The molecule has 0 saturated heterocycles. The van der Waals surface area contributed by atoms with E-state index in [1.807, 2.05) is 6.92 Å². The summed E-state index contributed by atoms with van der Waals surface area (Å²) in [4.78, 5) is 0. The largest absolute Gasteiger partial charge is 0.393 e. The molecule has 3 aliphatic carbocycles. The van der Waals surface area contributed by atoms with Crippen LogP contribution in [-0.4, -0.2) is 22.4 Å². The number of aliphatic hydroxyl groups is 2. The second kappa shape index (κ2) is 9.52. The molecule has 3 aliphatic rings. The molecule has 6 atom stereocenters. The van der Waals surface area contributed by atoms with E-state index < -0.39 is 12.2 Å². The molecule has 0 radical (unpaired) electrons. The zero-order valence-electron chi connectivity index (χ0n) is 19.5. The van der Waals surface area contributed by atoms with E-state index in [-0.39, 0.29) is 0 Å². The Morgan fingerprint density at radius 2 is 1.90 bits per heavy atom. The molecule has 3 rings (SSSR count). The quantitative estimate of drug-likeness (QED) is 0.506. The molecule has 0 aliphatic heterocycles. The number of aliphatic hydroxyl groups excluding tert-OH is 2. The van der Waals surface area contributed by atoms with E-state index in [1.165, 1.54) is 50.5 Å². The molecule has 1 fully saturated rings. The third-order valence-corrected chi connectivity index (χ3v) is 8.44. The first kappa shape index (κ1) is 22.8. The number of allylic oxidation sites excluding steroid dienone is 4. The van der Waals surface area contributed by atoms with Gasteiger partial charge in [-0.1, -0.05) is 65.2 Å². The van der Waals surface area contributed by atoms with Gasteiger partial charge in [0.05, 0.1) is 12.2 Å². The van der Waals surface area contributed by atoms with Crippen LogP contribution in [-0.2, 0) is 0 Å². The van der Waals surface area contributed by atoms with Crippen LogP contribution in [0.3, 0.4) is 0 Å². The van der Waals surface area contributed by atoms with Crippen LogP contribution in [0.2, 0.25) is 0 Å². The number of fused-ring (bicyclic) bond motifs is 1. The molecule has 0 heterocycles. The summed E-state index contributed by atoms with van der Waals surface area (Å²) < 4.78 is 0. The average molecular weight is 401 g/mol. The molecule has 29 heavy (non-hydrogen) atoms. The molecule has 0 aromatic rings. The van der Waals surface area contributed by atoms with Gasteiger partial charge in [0.25, 0.3) is 0 Å². The van der Waals surface area contributed by atoms with Gasteiger partial charge in [0.2, 0.25) is 0 Å². The summed E-state index contributed by atoms with van der Waals surface area (Å²) in [5, 5.41) is 20.2. The van der Waals surface area contributed by atoms with Gasteiger partial charge in [-0.2, -0.15) is 0 Å². The van der Waals surface area contributed by atoms with Gasteiger partial charge in [-0.15, -0.1) is 0 Å². The molecular weight excluding hydrogens is 356 g/mol. The summed E-state index contributed by atoms with van der Waals surface area (Å²) in [5.74, 6) is 3.15. The van der Waals surface area contributed by atoms with Gasteiger partial charge in [-0.25, -0.2) is 0 Å². The van der Waals surface area contributed by atoms with Gasteiger partial charge in [0, 0.05) is 6.42 Å². The zero-order valence-corrected chi connectivity index (χ0v) is 19.5. The lowest BCUT2D eigenvalue weighted by Crippen LogP contribution is -2.35. The van der Waals surface area contributed by atoms with Gasteiger partial charge in [0.15, 0.2) is 0 Å². The van der Waals surface area contributed by atoms with Crippen LogP contribution in [0.25, 0.3) is 0 Å². The Labute approximate surface area is 179 Å². The van der Waals surface area contributed by atoms with Crippen molar-refractivity contribution in [2.75, 3.05) is 0 Å². The Balaban J connectivity index is 1.69. The third-order valence-electron chi connectivity index (χ3n) is 8.44. The van der Waals surface area contributed by atoms with Crippen molar-refractivity contribution in [1.29, 1.82) is 0 Å². The SMILES string of the molecule is CC1=C(/C=C\C2=CCC[C@]3(C)[C@@H]([C@H](C)CCCC(C)C)CC[C@@H]23)C[C@@H](O)C[C@@H]1O. The van der Waals surface area contributed by atoms with Crippen LogP contribution >= 0.6 is 0 Å². The molecule has 0 spiro atoms. The van der Waals surface area contributed by atoms with E-state index in [1.54, 1.807) is 0 Å². The van der Waals surface area contributed by atoms with Crippen molar-refractivity contribution in [3.05, 3.63) is 34.9 Å². The second-order valence-electron chi connectivity index (χ2n) is 10.9. The first-order chi connectivity index (χ1) is 13.7. The average Bonchev–Trinajstić information content (AvgIpc) is 3.00. The first-order valence-corrected chi connectivity index (χ1v) is 12.2. The smallest absolute Gasteiger partial charge is 0.0777 e. The standard InChI is InChI=1S/C27H44O2/c1-18(2)8-6-9-19(3)24-13-14-25-21(10-7-15-27(24,25)5)11-12-22-16-23(28)17-26(29)20(22)4/h10-12,18-19,23-26,28-29H,6-9,13-17H2,1-5H3/b12-11-/t19-,23-,24-,25+,26+,27-/m1/s1. The minimum absolute atomic E-state index is 0.415. The van der Waals surface area contributed by atoms with Crippen molar-refractivity contribution in [3.63, 3.8) is 0 Å². The summed E-state index contributed by atoms with van der Waals surface area (Å²) in [6, 6.07) is 0. The molecule has 0 aromatic carbocycles. The first-order valence-electron chi connectivity index (χ1n) is 12.2. The van der Waals surface area contributed by atoms with Crippen molar-refractivity contribution < 1.29 is 10.2 Å². The van der Waals surface area contributed by atoms with Gasteiger partial charge >= 0.3 is 0 Å². The summed E-state index contributed by atoms with van der Waals surface area (Å²) >= 11 is 0. The number of hydrogen-bond donors (Lipinski definition) is 2. The van der Waals surface area contributed by atoms with Crippen molar-refractivity contribution in [1.82, 2.24) is 0 Å². The predicted octanol–water partition coefficient (Wildman–Crippen LogP) is 6.59. The molecule has 2 heteroatoms. The topological polar surface area (TPSA) is 40.5 Å². The lowest BCUT2D eigenvalue weighted by Gasteiger charge is -2.43. The number of hydrogen-bond acceptors (Lipinski definition) is 2. The van der Waals surface area contributed by atoms with Gasteiger partial charge in [0.1, 0.15) is 0 Å². The Hall–Kier alpha value is -0.860. The van der Waals surface area contributed by atoms with Gasteiger partial charge in [-0.05, 0) is 84.8 Å². The molecule has 0 amide bonds. The van der Waals surface area contributed by atoms with Crippen LogP contribution in [0, 0.1) is 29.1 Å². The van der Waals surface area contributed by atoms with Crippen LogP contribution in [0.15, 0.2) is 34.9 Å². The fourth-order valence-corrected chi connectivity index (χ4v) is 6.57. The van der Waals surface area contributed by atoms with Crippen molar-refractivity contribution >= 4 is 0 Å². The summed E-state index contributed by atoms with van der Waals surface area (Å²) in [7, 11) is 0. The van der Waals surface area contributed by atoms with E-state index in [2.05, 4.69) is 45.9 Å². The summed E-state index contributed by atoms with van der Waals surface area (Å²) in [6.07, 6.45) is 16.5. The minimum atomic E-state index is -0.494. The maximum absolute atomic E-state index is 10.2. The molecule has 0 aromatic heterocycles. The van der Waals surface area contributed by atoms with Crippen molar-refractivity contribution in [2.24, 2.45) is 29.1 Å². The summed E-state index contributed by atoms with van der Waals surface area (Å²) in [6.45, 7) is 11.8. The van der Waals surface area contributed by atoms with Gasteiger partial charge < -0.3 is 10.2 Å². The van der Waals surface area contributed by atoms with E-state index in [0.29, 0.717) is 24.2 Å². The Morgan fingerprint density at radius 1 is 1.14 bits per heavy atom. The second-order valence-corrected chi connectivity index (χ2v) is 10.9. The molecule has 1 saturated carbocycles. The highest BCUT2D eigenvalue weighted by Gasteiger charge is 2.49. The van der Waals surface area contributed by atoms with Crippen LogP contribution in [0.5, 0.6) is 0 Å². The maximum atomic E-state index is 10.2. The Morgan fingerprint density at radius 3 is 2.62 bits per heavy atom. The highest BCUT2D eigenvalue weighted by molar-refractivity contribution is 5.37. The van der Waals surface area contributed by atoms with E-state index in [0.717, 1.165) is 28.9 Å². The van der Waals surface area contributed by atoms with Crippen molar-refractivity contribution in [2.45, 2.75) is 105 Å². The monoisotopic (exact) mass is 400 g/mol. The van der Waals surface area contributed by atoms with E-state index >= 15 is 0 Å². The van der Waals surface area contributed by atoms with E-state index in [9.17, 15) is 10.2 Å². The van der Waals surface area contributed by atoms with Crippen LogP contribution in [0.4, 0.5) is 0 Å². The van der Waals surface area contributed by atoms with E-state index in [4.69, 9.17) is 0 Å². The zero-order chi connectivity index (χ0) is 21.2. The highest BCUT2D eigenvalue weighted by atomic mass is 16.3. The van der Waals surface area contributed by atoms with Crippen LogP contribution in [0.1, 0.15) is 92.4 Å². The van der Waals surface area contributed by atoms with Crippen LogP contribution < -0.4 is 0 Å². The molecule has 0 bridgehead atoms. The number of rotatable bonds is 7. The normalized spacial score (nSPS) is 36.6. The molecular formula is C27H44O2. The fourth-order valence-electron chi connectivity index (χ4n) is 6.57. The Bertz CT molecular complexity index is 655. The molecule has 2 nitrogen and oxygen atoms in total. The fraction of sp³-hybridized carbons (Fsp3) is 0.778. The molecule has 164 valence electrons. The van der Waals surface area contributed by atoms with Crippen molar-refractivity contribution in [3.8, 4) is 0 Å². The molecule has 2 N–H and O–H groups in total. The maximum Gasteiger partial charge on any atom is 0.0777 e. The minimum Gasteiger partial charge on any atom is -0.393 e. The van der Waals surface area contributed by atoms with Gasteiger partial charge in [-0.3, -0.25) is 0 Å². The lowest BCUT2D eigenvalue weighted by atomic mass is 9.62. The summed E-state index contributed by atoms with van der Waals surface area (Å²) in [5.41, 5.74) is 4.10. The third kappa shape index (κ3) is 5.07.